The Hall–Kier alpha value is -0.780. The molecule has 1 aromatic heterocycles. The van der Waals surface area contributed by atoms with Gasteiger partial charge in [-0.3, -0.25) is 0 Å². The van der Waals surface area contributed by atoms with E-state index in [9.17, 15) is 0 Å². The van der Waals surface area contributed by atoms with E-state index >= 15 is 0 Å². The van der Waals surface area contributed by atoms with Crippen LogP contribution in [0.25, 0.3) is 0 Å². The van der Waals surface area contributed by atoms with E-state index in [0.717, 1.165) is 5.56 Å². The monoisotopic (exact) mass is 290 g/mol. The first-order chi connectivity index (χ1) is 6.20. The molecule has 0 atom stereocenters. The molecule has 0 spiro atoms. The van der Waals surface area contributed by atoms with Gasteiger partial charge in [0.2, 0.25) is 0 Å². The van der Waals surface area contributed by atoms with Gasteiger partial charge in [0.05, 0.1) is 0 Å². The van der Waals surface area contributed by atoms with Crippen molar-refractivity contribution in [3.05, 3.63) is 32.2 Å². The summed E-state index contributed by atoms with van der Waals surface area (Å²) < 4.78 is 5.32. The van der Waals surface area contributed by atoms with E-state index in [-0.39, 0.29) is 21.2 Å². The summed E-state index contributed by atoms with van der Waals surface area (Å²) in [4.78, 5) is 3.98. The molecule has 1 heterocycles. The molecule has 0 fully saturated rings. The molecule has 0 bridgehead atoms. The number of aliphatic imine (C=N–C) groups is 1. The van der Waals surface area contributed by atoms with Crippen LogP contribution in [0, 0.1) is 3.70 Å². The van der Waals surface area contributed by atoms with Crippen LogP contribution in [-0.2, 0) is 7.05 Å². The topological polar surface area (TPSA) is 43.3 Å². The summed E-state index contributed by atoms with van der Waals surface area (Å²) in [5.41, 5.74) is 6.81. The van der Waals surface area contributed by atoms with Crippen LogP contribution >= 0.6 is 0 Å². The SMILES string of the molecule is C=C[I-]c1c(C(N)=NC)ccn1C. The molecule has 0 saturated heterocycles. The second-order valence-corrected chi connectivity index (χ2v) is 5.03. The van der Waals surface area contributed by atoms with E-state index in [1.54, 1.807) is 7.05 Å². The Morgan fingerprint density at radius 2 is 2.46 bits per heavy atom. The summed E-state index contributed by atoms with van der Waals surface area (Å²) in [7, 11) is 3.73. The maximum absolute atomic E-state index is 5.76. The normalized spacial score (nSPS) is 12.0. The molecule has 0 radical (unpaired) electrons. The number of hydrogen-bond donors (Lipinski definition) is 1. The fourth-order valence-corrected chi connectivity index (χ4v) is 2.84. The van der Waals surface area contributed by atoms with Crippen LogP contribution in [0.5, 0.6) is 0 Å². The van der Waals surface area contributed by atoms with Crippen molar-refractivity contribution in [2.24, 2.45) is 17.8 Å². The number of aromatic nitrogens is 1. The van der Waals surface area contributed by atoms with E-state index in [0.29, 0.717) is 5.84 Å². The van der Waals surface area contributed by atoms with Gasteiger partial charge in [0.1, 0.15) is 0 Å². The van der Waals surface area contributed by atoms with Gasteiger partial charge in [0.25, 0.3) is 0 Å². The number of aryl methyl sites for hydroxylation is 1. The Kier molecular flexibility index (Phi) is 3.53. The average molecular weight is 290 g/mol. The minimum atomic E-state index is -0.150. The predicted molar refractivity (Wildman–Crippen MR) is 51.0 cm³/mol. The molecular formula is C9H13IN3-. The zero-order chi connectivity index (χ0) is 9.84. The Morgan fingerprint density at radius 1 is 1.77 bits per heavy atom. The molecule has 0 amide bonds. The van der Waals surface area contributed by atoms with Crippen molar-refractivity contribution in [2.75, 3.05) is 7.05 Å². The van der Waals surface area contributed by atoms with Crippen molar-refractivity contribution in [2.45, 2.75) is 0 Å². The number of nitrogens with two attached hydrogens (primary N) is 1. The van der Waals surface area contributed by atoms with Gasteiger partial charge in [-0.1, -0.05) is 0 Å². The summed E-state index contributed by atoms with van der Waals surface area (Å²) >= 11 is -0.150. The molecule has 0 aromatic carbocycles. The van der Waals surface area contributed by atoms with Crippen molar-refractivity contribution < 1.29 is 21.2 Å². The Bertz CT molecular complexity index is 339. The molecule has 2 N–H and O–H groups in total. The summed E-state index contributed by atoms with van der Waals surface area (Å²) in [6.07, 6.45) is 2.01. The molecule has 13 heavy (non-hydrogen) atoms. The fraction of sp³-hybridized carbons (Fsp3) is 0.222. The first-order valence-electron chi connectivity index (χ1n) is 3.83. The van der Waals surface area contributed by atoms with Crippen LogP contribution in [0.3, 0.4) is 0 Å². The molecule has 0 unspecified atom stereocenters. The van der Waals surface area contributed by atoms with Gasteiger partial charge >= 0.3 is 88.6 Å². The van der Waals surface area contributed by atoms with E-state index in [1.165, 1.54) is 3.70 Å². The van der Waals surface area contributed by atoms with Crippen LogP contribution in [0.2, 0.25) is 0 Å². The summed E-state index contributed by atoms with van der Waals surface area (Å²) in [6, 6.07) is 2.00. The zero-order valence-electron chi connectivity index (χ0n) is 7.79. The van der Waals surface area contributed by atoms with Gasteiger partial charge in [-0.25, -0.2) is 0 Å². The third-order valence-corrected chi connectivity index (χ3v) is 4.07. The number of halogens is 1. The molecule has 3 nitrogen and oxygen atoms in total. The quantitative estimate of drug-likeness (QED) is 0.382. The molecule has 0 saturated carbocycles. The predicted octanol–water partition coefficient (Wildman–Crippen LogP) is -2.24. The van der Waals surface area contributed by atoms with E-state index in [1.807, 2.05) is 23.4 Å². The van der Waals surface area contributed by atoms with Crippen molar-refractivity contribution in [1.82, 2.24) is 4.57 Å². The average Bonchev–Trinajstić information content (AvgIpc) is 2.48. The van der Waals surface area contributed by atoms with E-state index in [2.05, 4.69) is 16.1 Å². The van der Waals surface area contributed by atoms with Gasteiger partial charge in [-0.05, 0) is 0 Å². The van der Waals surface area contributed by atoms with Crippen LogP contribution in [-0.4, -0.2) is 17.5 Å². The van der Waals surface area contributed by atoms with Crippen molar-refractivity contribution in [1.29, 1.82) is 0 Å². The molecule has 72 valence electrons. The molecule has 1 rings (SSSR count). The van der Waals surface area contributed by atoms with Crippen molar-refractivity contribution >= 4 is 5.84 Å². The molecule has 1 aromatic rings. The van der Waals surface area contributed by atoms with Gasteiger partial charge in [-0.15, -0.1) is 0 Å². The Balaban J connectivity index is 3.14. The molecule has 0 aliphatic rings. The van der Waals surface area contributed by atoms with Crippen LogP contribution < -0.4 is 26.9 Å². The fourth-order valence-electron chi connectivity index (χ4n) is 1.03. The van der Waals surface area contributed by atoms with Crippen LogP contribution in [0.4, 0.5) is 0 Å². The molecule has 0 aliphatic heterocycles. The van der Waals surface area contributed by atoms with Gasteiger partial charge in [0, 0.05) is 0 Å². The first-order valence-corrected chi connectivity index (χ1v) is 6.15. The Labute approximate surface area is 88.6 Å². The van der Waals surface area contributed by atoms with Crippen molar-refractivity contribution in [3.63, 3.8) is 0 Å². The number of amidine groups is 1. The molecular weight excluding hydrogens is 277 g/mol. The van der Waals surface area contributed by atoms with Gasteiger partial charge in [0.15, 0.2) is 0 Å². The summed E-state index contributed by atoms with van der Waals surface area (Å²) in [5.74, 6) is 0.608. The zero-order valence-corrected chi connectivity index (χ0v) is 9.95. The van der Waals surface area contributed by atoms with Crippen LogP contribution in [0.15, 0.2) is 27.9 Å². The second kappa shape index (κ2) is 4.45. The molecule has 0 aliphatic carbocycles. The summed E-state index contributed by atoms with van der Waals surface area (Å²) in [6.45, 7) is 3.76. The number of hydrogen-bond acceptors (Lipinski definition) is 1. The molecule has 4 heteroatoms. The standard InChI is InChI=1S/C9H13IN3/c1-4-10-8-7(9(11)12-2)5-6-13(8)3/h4-6H,1H2,2-3H3,(H2,11,12)/q-1. The Morgan fingerprint density at radius 3 is 3.00 bits per heavy atom. The van der Waals surface area contributed by atoms with Crippen LogP contribution in [0.1, 0.15) is 5.56 Å². The minimum absolute atomic E-state index is 0.150. The number of nitrogens with zero attached hydrogens (tertiary/aromatic N) is 2. The third-order valence-electron chi connectivity index (χ3n) is 1.69. The van der Waals surface area contributed by atoms with Gasteiger partial charge in [-0.2, -0.15) is 0 Å². The maximum atomic E-state index is 5.76. The van der Waals surface area contributed by atoms with E-state index < -0.39 is 0 Å². The van der Waals surface area contributed by atoms with E-state index in [4.69, 9.17) is 5.73 Å². The first kappa shape index (κ1) is 10.3. The second-order valence-electron chi connectivity index (χ2n) is 2.50. The third kappa shape index (κ3) is 2.12. The van der Waals surface area contributed by atoms with Crippen molar-refractivity contribution in [3.8, 4) is 0 Å². The van der Waals surface area contributed by atoms with Gasteiger partial charge < -0.3 is 0 Å². The summed E-state index contributed by atoms with van der Waals surface area (Å²) in [5, 5.41) is 0. The number of rotatable bonds is 3.